The Kier molecular flexibility index (Phi) is 7.44. The van der Waals surface area contributed by atoms with Gasteiger partial charge in [0.25, 0.3) is 0 Å². The van der Waals surface area contributed by atoms with Gasteiger partial charge in [-0.25, -0.2) is 0 Å². The standard InChI is InChI=1S/C27H33NO3/c1-3-29-15-16-30-17-18-31-23-8-6-7-22(12-13-23)20-28-26-10-5-4-9-24(26)25-19-21(2)11-14-27(25)28/h4-7,9-14,21H,3,8,15-20H2,1-2H3. The molecule has 0 N–H and O–H groups in total. The van der Waals surface area contributed by atoms with Gasteiger partial charge in [-0.15, -0.1) is 0 Å². The summed E-state index contributed by atoms with van der Waals surface area (Å²) >= 11 is 0. The molecule has 1 atom stereocenters. The lowest BCUT2D eigenvalue weighted by Gasteiger charge is -2.15. The summed E-state index contributed by atoms with van der Waals surface area (Å²) in [7, 11) is 0. The van der Waals surface area contributed by atoms with E-state index in [1.807, 2.05) is 6.92 Å². The third kappa shape index (κ3) is 5.38. The summed E-state index contributed by atoms with van der Waals surface area (Å²) < 4.78 is 19.2. The van der Waals surface area contributed by atoms with E-state index in [0.717, 1.165) is 31.8 Å². The van der Waals surface area contributed by atoms with E-state index < -0.39 is 0 Å². The van der Waals surface area contributed by atoms with Crippen molar-refractivity contribution in [2.45, 2.75) is 33.2 Å². The van der Waals surface area contributed by atoms with Crippen LogP contribution in [0.1, 0.15) is 31.5 Å². The second-order valence-corrected chi connectivity index (χ2v) is 8.15. The molecule has 1 aromatic carbocycles. The molecule has 0 bridgehead atoms. The third-order valence-electron chi connectivity index (χ3n) is 5.79. The molecule has 4 nitrogen and oxygen atoms in total. The third-order valence-corrected chi connectivity index (χ3v) is 5.79. The van der Waals surface area contributed by atoms with Crippen LogP contribution in [0.5, 0.6) is 0 Å². The Bertz CT molecular complexity index is 1010. The van der Waals surface area contributed by atoms with Gasteiger partial charge in [-0.1, -0.05) is 49.4 Å². The van der Waals surface area contributed by atoms with E-state index in [1.165, 1.54) is 27.7 Å². The Morgan fingerprint density at radius 3 is 2.74 bits per heavy atom. The van der Waals surface area contributed by atoms with Crippen LogP contribution < -0.4 is 0 Å². The number of nitrogens with zero attached hydrogens (tertiary/aromatic N) is 1. The molecule has 0 saturated heterocycles. The first-order valence-corrected chi connectivity index (χ1v) is 11.4. The number of hydrogen-bond donors (Lipinski definition) is 0. The summed E-state index contributed by atoms with van der Waals surface area (Å²) in [6, 6.07) is 8.78. The quantitative estimate of drug-likeness (QED) is 0.464. The van der Waals surface area contributed by atoms with Gasteiger partial charge in [-0.05, 0) is 48.6 Å². The minimum Gasteiger partial charge on any atom is -0.495 e. The van der Waals surface area contributed by atoms with Crippen molar-refractivity contribution in [1.82, 2.24) is 4.57 Å². The van der Waals surface area contributed by atoms with Crippen molar-refractivity contribution in [2.24, 2.45) is 5.92 Å². The van der Waals surface area contributed by atoms with E-state index in [1.54, 1.807) is 0 Å². The lowest BCUT2D eigenvalue weighted by atomic mass is 9.93. The van der Waals surface area contributed by atoms with Crippen LogP contribution in [-0.4, -0.2) is 37.6 Å². The fourth-order valence-corrected chi connectivity index (χ4v) is 4.26. The second-order valence-electron chi connectivity index (χ2n) is 8.15. The molecule has 0 saturated carbocycles. The number of aromatic nitrogens is 1. The summed E-state index contributed by atoms with van der Waals surface area (Å²) in [5.41, 5.74) is 5.42. The normalized spacial score (nSPS) is 17.9. The molecule has 0 fully saturated rings. The summed E-state index contributed by atoms with van der Waals surface area (Å²) in [6.45, 7) is 8.26. The number of benzene rings is 1. The maximum absolute atomic E-state index is 5.91. The molecule has 0 spiro atoms. The van der Waals surface area contributed by atoms with Crippen LogP contribution in [0.3, 0.4) is 0 Å². The largest absolute Gasteiger partial charge is 0.495 e. The Hall–Kier alpha value is -2.56. The molecule has 0 amide bonds. The number of hydrogen-bond acceptors (Lipinski definition) is 3. The van der Waals surface area contributed by atoms with E-state index in [0.29, 0.717) is 32.3 Å². The number of ether oxygens (including phenoxy) is 3. The molecular weight excluding hydrogens is 386 g/mol. The van der Waals surface area contributed by atoms with Gasteiger partial charge >= 0.3 is 0 Å². The van der Waals surface area contributed by atoms with Gasteiger partial charge in [0.2, 0.25) is 0 Å². The van der Waals surface area contributed by atoms with Crippen molar-refractivity contribution in [1.29, 1.82) is 0 Å². The highest BCUT2D eigenvalue weighted by atomic mass is 16.5. The monoisotopic (exact) mass is 419 g/mol. The highest BCUT2D eigenvalue weighted by molar-refractivity contribution is 5.89. The smallest absolute Gasteiger partial charge is 0.111 e. The first-order valence-electron chi connectivity index (χ1n) is 11.4. The first kappa shape index (κ1) is 21.7. The van der Waals surface area contributed by atoms with Crippen LogP contribution in [0.2, 0.25) is 0 Å². The van der Waals surface area contributed by atoms with E-state index in [9.17, 15) is 0 Å². The zero-order valence-corrected chi connectivity index (χ0v) is 18.7. The van der Waals surface area contributed by atoms with E-state index >= 15 is 0 Å². The summed E-state index contributed by atoms with van der Waals surface area (Å²) in [5.74, 6) is 1.57. The van der Waals surface area contributed by atoms with Crippen LogP contribution in [0.4, 0.5) is 0 Å². The van der Waals surface area contributed by atoms with Crippen molar-refractivity contribution < 1.29 is 14.2 Å². The fourth-order valence-electron chi connectivity index (χ4n) is 4.26. The molecule has 164 valence electrons. The van der Waals surface area contributed by atoms with Crippen LogP contribution in [0, 0.1) is 5.92 Å². The lowest BCUT2D eigenvalue weighted by Crippen LogP contribution is -2.09. The number of allylic oxidation sites excluding steroid dienone is 6. The Morgan fingerprint density at radius 2 is 1.84 bits per heavy atom. The molecule has 4 heteroatoms. The molecule has 0 radical (unpaired) electrons. The van der Waals surface area contributed by atoms with Crippen LogP contribution in [0.25, 0.3) is 17.0 Å². The highest BCUT2D eigenvalue weighted by Gasteiger charge is 2.20. The Labute approximate surface area is 185 Å². The van der Waals surface area contributed by atoms with Gasteiger partial charge in [-0.2, -0.15) is 0 Å². The number of para-hydroxylation sites is 1. The average molecular weight is 420 g/mol. The molecule has 2 aromatic rings. The number of fused-ring (bicyclic) bond motifs is 3. The average Bonchev–Trinajstić information content (AvgIpc) is 2.92. The molecule has 1 unspecified atom stereocenters. The molecule has 31 heavy (non-hydrogen) atoms. The SMILES string of the molecule is CCOCCOCCOC1=CC=C(Cn2c3c(c4ccccc42)CC(C)C=C3)C=CC1. The van der Waals surface area contributed by atoms with E-state index in [4.69, 9.17) is 14.2 Å². The molecule has 1 heterocycles. The first-order chi connectivity index (χ1) is 15.3. The fraction of sp³-hybridized carbons (Fsp3) is 0.407. The molecular formula is C27H33NO3. The maximum Gasteiger partial charge on any atom is 0.111 e. The van der Waals surface area contributed by atoms with Crippen molar-refractivity contribution in [3.8, 4) is 0 Å². The number of rotatable bonds is 10. The molecule has 0 aliphatic heterocycles. The van der Waals surface area contributed by atoms with Crippen molar-refractivity contribution in [2.75, 3.05) is 33.0 Å². The van der Waals surface area contributed by atoms with E-state index in [2.05, 4.69) is 72.2 Å². The van der Waals surface area contributed by atoms with Crippen molar-refractivity contribution in [3.63, 3.8) is 0 Å². The predicted molar refractivity (Wildman–Crippen MR) is 127 cm³/mol. The minimum atomic E-state index is 0.563. The van der Waals surface area contributed by atoms with Gasteiger partial charge in [0.1, 0.15) is 6.61 Å². The Morgan fingerprint density at radius 1 is 1.00 bits per heavy atom. The second kappa shape index (κ2) is 10.7. The predicted octanol–water partition coefficient (Wildman–Crippen LogP) is 5.69. The van der Waals surface area contributed by atoms with Crippen molar-refractivity contribution >= 4 is 17.0 Å². The maximum atomic E-state index is 5.91. The van der Waals surface area contributed by atoms with Crippen molar-refractivity contribution in [3.05, 3.63) is 77.2 Å². The van der Waals surface area contributed by atoms with Crippen LogP contribution in [-0.2, 0) is 27.2 Å². The highest BCUT2D eigenvalue weighted by Crippen LogP contribution is 2.33. The zero-order chi connectivity index (χ0) is 21.5. The van der Waals surface area contributed by atoms with Crippen LogP contribution >= 0.6 is 0 Å². The topological polar surface area (TPSA) is 32.6 Å². The summed E-state index contributed by atoms with van der Waals surface area (Å²) in [4.78, 5) is 0. The Balaban J connectivity index is 1.42. The van der Waals surface area contributed by atoms with Gasteiger partial charge in [0, 0.05) is 36.2 Å². The van der Waals surface area contributed by atoms with Gasteiger partial charge in [-0.3, -0.25) is 0 Å². The van der Waals surface area contributed by atoms with Gasteiger partial charge in [0.05, 0.1) is 25.6 Å². The lowest BCUT2D eigenvalue weighted by molar-refractivity contribution is 0.0300. The zero-order valence-electron chi connectivity index (χ0n) is 18.7. The van der Waals surface area contributed by atoms with Gasteiger partial charge in [0.15, 0.2) is 0 Å². The van der Waals surface area contributed by atoms with Gasteiger partial charge < -0.3 is 18.8 Å². The van der Waals surface area contributed by atoms with Crippen LogP contribution in [0.15, 0.2) is 66.0 Å². The molecule has 1 aromatic heterocycles. The molecule has 4 rings (SSSR count). The molecule has 2 aliphatic carbocycles. The minimum absolute atomic E-state index is 0.563. The molecule has 2 aliphatic rings. The summed E-state index contributed by atoms with van der Waals surface area (Å²) in [6.07, 6.45) is 15.3. The summed E-state index contributed by atoms with van der Waals surface area (Å²) in [5, 5.41) is 1.39. The van der Waals surface area contributed by atoms with E-state index in [-0.39, 0.29) is 0 Å².